The summed E-state index contributed by atoms with van der Waals surface area (Å²) in [4.78, 5) is 21.7. The zero-order valence-electron chi connectivity index (χ0n) is 11.4. The lowest BCUT2D eigenvalue weighted by Gasteiger charge is -2.24. The third-order valence-electron chi connectivity index (χ3n) is 3.84. The molecule has 0 spiro atoms. The lowest BCUT2D eigenvalue weighted by atomic mass is 9.94. The maximum atomic E-state index is 11.4. The van der Waals surface area contributed by atoms with Crippen molar-refractivity contribution in [3.05, 3.63) is 31.9 Å². The fourth-order valence-corrected chi connectivity index (χ4v) is 3.36. The highest BCUT2D eigenvalue weighted by Gasteiger charge is 2.29. The third kappa shape index (κ3) is 4.05. The van der Waals surface area contributed by atoms with E-state index in [1.54, 1.807) is 6.07 Å². The molecule has 0 amide bonds. The third-order valence-corrected chi connectivity index (χ3v) is 4.73. The van der Waals surface area contributed by atoms with Crippen LogP contribution in [0, 0.1) is 19.6 Å². The Labute approximate surface area is 136 Å². The maximum absolute atomic E-state index is 11.4. The molecular formula is C14H17IN2O4. The van der Waals surface area contributed by atoms with Gasteiger partial charge in [0.25, 0.3) is 5.69 Å². The second kappa shape index (κ2) is 7.06. The molecule has 1 aromatic carbocycles. The van der Waals surface area contributed by atoms with Gasteiger partial charge in [0.2, 0.25) is 0 Å². The first-order chi connectivity index (χ1) is 9.99. The Morgan fingerprint density at radius 1 is 1.33 bits per heavy atom. The molecule has 114 valence electrons. The van der Waals surface area contributed by atoms with Crippen LogP contribution in [0.1, 0.15) is 32.1 Å². The van der Waals surface area contributed by atoms with Crippen molar-refractivity contribution in [3.63, 3.8) is 0 Å². The summed E-state index contributed by atoms with van der Waals surface area (Å²) in [6, 6.07) is 4.47. The largest absolute Gasteiger partial charge is 0.481 e. The summed E-state index contributed by atoms with van der Waals surface area (Å²) in [5.74, 6) is -1.18. The van der Waals surface area contributed by atoms with Gasteiger partial charge in [-0.25, -0.2) is 0 Å². The van der Waals surface area contributed by atoms with Crippen molar-refractivity contribution in [1.29, 1.82) is 0 Å². The highest BCUT2D eigenvalue weighted by atomic mass is 127. The second-order valence-electron chi connectivity index (χ2n) is 5.25. The number of nitrogens with one attached hydrogen (secondary N) is 1. The monoisotopic (exact) mass is 404 g/mol. The molecule has 6 nitrogen and oxygen atoms in total. The molecule has 0 heterocycles. The van der Waals surface area contributed by atoms with Crippen LogP contribution in [0.3, 0.4) is 0 Å². The predicted octanol–water partition coefficient (Wildman–Crippen LogP) is 3.64. The summed E-state index contributed by atoms with van der Waals surface area (Å²) in [7, 11) is 0. The fourth-order valence-electron chi connectivity index (χ4n) is 2.71. The van der Waals surface area contributed by atoms with Crippen LogP contribution in [0.4, 0.5) is 11.4 Å². The Bertz CT molecular complexity index is 550. The molecule has 0 aromatic heterocycles. The minimum Gasteiger partial charge on any atom is -0.481 e. The second-order valence-corrected chi connectivity index (χ2v) is 6.42. The lowest BCUT2D eigenvalue weighted by Crippen LogP contribution is -2.33. The van der Waals surface area contributed by atoms with Gasteiger partial charge < -0.3 is 10.4 Å². The average Bonchev–Trinajstić information content (AvgIpc) is 2.66. The zero-order valence-corrected chi connectivity index (χ0v) is 13.6. The molecule has 2 N–H and O–H groups in total. The number of nitro groups is 1. The van der Waals surface area contributed by atoms with Gasteiger partial charge >= 0.3 is 5.97 Å². The van der Waals surface area contributed by atoms with E-state index >= 15 is 0 Å². The molecular weight excluding hydrogens is 387 g/mol. The molecule has 1 saturated carbocycles. The van der Waals surface area contributed by atoms with Crippen LogP contribution in [0.2, 0.25) is 0 Å². The van der Waals surface area contributed by atoms with Crippen molar-refractivity contribution in [1.82, 2.24) is 0 Å². The van der Waals surface area contributed by atoms with E-state index in [2.05, 4.69) is 5.32 Å². The normalized spacial score (nSPS) is 22.3. The molecule has 21 heavy (non-hydrogen) atoms. The van der Waals surface area contributed by atoms with Crippen LogP contribution in [0.5, 0.6) is 0 Å². The summed E-state index contributed by atoms with van der Waals surface area (Å²) in [5.41, 5.74) is 0.806. The quantitative estimate of drug-likeness (QED) is 0.346. The van der Waals surface area contributed by atoms with Gasteiger partial charge in [0.05, 0.1) is 10.8 Å². The molecule has 0 aliphatic heterocycles. The fraction of sp³-hybridized carbons (Fsp3) is 0.500. The van der Waals surface area contributed by atoms with Gasteiger partial charge in [0, 0.05) is 27.4 Å². The number of nitrogens with zero attached hydrogens (tertiary/aromatic N) is 1. The predicted molar refractivity (Wildman–Crippen MR) is 87.4 cm³/mol. The van der Waals surface area contributed by atoms with Gasteiger partial charge in [-0.05, 0) is 41.5 Å². The van der Waals surface area contributed by atoms with Gasteiger partial charge in [-0.15, -0.1) is 0 Å². The smallest absolute Gasteiger partial charge is 0.308 e. The van der Waals surface area contributed by atoms with E-state index in [-0.39, 0.29) is 11.7 Å². The van der Waals surface area contributed by atoms with Crippen molar-refractivity contribution in [3.8, 4) is 0 Å². The van der Waals surface area contributed by atoms with E-state index in [0.29, 0.717) is 6.42 Å². The number of anilines is 1. The van der Waals surface area contributed by atoms with Gasteiger partial charge in [0.15, 0.2) is 0 Å². The number of carbonyl (C=O) groups is 1. The molecule has 1 aliphatic carbocycles. The van der Waals surface area contributed by atoms with Crippen LogP contribution < -0.4 is 5.32 Å². The molecule has 1 fully saturated rings. The van der Waals surface area contributed by atoms with Crippen molar-refractivity contribution < 1.29 is 14.8 Å². The van der Waals surface area contributed by atoms with Crippen molar-refractivity contribution in [2.24, 2.45) is 5.92 Å². The van der Waals surface area contributed by atoms with Gasteiger partial charge in [0.1, 0.15) is 0 Å². The topological polar surface area (TPSA) is 92.5 Å². The van der Waals surface area contributed by atoms with E-state index in [9.17, 15) is 20.0 Å². The average molecular weight is 404 g/mol. The minimum absolute atomic E-state index is 0.0422. The first kappa shape index (κ1) is 16.0. The molecule has 1 aliphatic rings. The van der Waals surface area contributed by atoms with Crippen LogP contribution in [-0.2, 0) is 4.79 Å². The minimum atomic E-state index is -0.772. The number of rotatable bonds is 4. The summed E-state index contributed by atoms with van der Waals surface area (Å²) in [5, 5.41) is 23.4. The standard InChI is InChI=1S/C14H17IN2O4/c15-11-8-9(17(20)21)6-7-13(11)16-12-5-3-1-2-4-10(12)14(18)19/h6-8,10,12,16H,1-5H2,(H,18,19). The number of nitro benzene ring substituents is 1. The molecule has 0 radical (unpaired) electrons. The van der Waals surface area contributed by atoms with Crippen molar-refractivity contribution in [2.75, 3.05) is 5.32 Å². The summed E-state index contributed by atoms with van der Waals surface area (Å²) >= 11 is 2.04. The molecule has 1 aromatic rings. The van der Waals surface area contributed by atoms with Gasteiger partial charge in [-0.3, -0.25) is 14.9 Å². The molecule has 2 rings (SSSR count). The first-order valence-corrected chi connectivity index (χ1v) is 8.00. The Morgan fingerprint density at radius 2 is 2.05 bits per heavy atom. The van der Waals surface area contributed by atoms with Crippen LogP contribution in [-0.4, -0.2) is 22.0 Å². The lowest BCUT2D eigenvalue weighted by molar-refractivity contribution is -0.384. The number of hydrogen-bond donors (Lipinski definition) is 2. The number of carboxylic acids is 1. The number of carboxylic acid groups (broad SMARTS) is 1. The Kier molecular flexibility index (Phi) is 5.38. The number of non-ortho nitro benzene ring substituents is 1. The van der Waals surface area contributed by atoms with Crippen LogP contribution >= 0.6 is 22.6 Å². The molecule has 7 heteroatoms. The SMILES string of the molecule is O=C(O)C1CCCCCC1Nc1ccc([N+](=O)[O-])cc1I. The Morgan fingerprint density at radius 3 is 2.67 bits per heavy atom. The van der Waals surface area contributed by atoms with E-state index in [1.165, 1.54) is 12.1 Å². The van der Waals surface area contributed by atoms with Crippen LogP contribution in [0.15, 0.2) is 18.2 Å². The summed E-state index contributed by atoms with van der Waals surface area (Å²) in [6.45, 7) is 0. The number of halogens is 1. The maximum Gasteiger partial charge on any atom is 0.308 e. The highest BCUT2D eigenvalue weighted by Crippen LogP contribution is 2.30. The van der Waals surface area contributed by atoms with Gasteiger partial charge in [-0.2, -0.15) is 0 Å². The highest BCUT2D eigenvalue weighted by molar-refractivity contribution is 14.1. The number of aliphatic carboxylic acids is 1. The first-order valence-electron chi connectivity index (χ1n) is 6.92. The van der Waals surface area contributed by atoms with Crippen LogP contribution in [0.25, 0.3) is 0 Å². The molecule has 2 unspecified atom stereocenters. The van der Waals surface area contributed by atoms with E-state index < -0.39 is 16.8 Å². The Hall–Kier alpha value is -1.38. The zero-order chi connectivity index (χ0) is 15.4. The van der Waals surface area contributed by atoms with Crippen molar-refractivity contribution >= 4 is 39.9 Å². The molecule has 0 bridgehead atoms. The number of hydrogen-bond acceptors (Lipinski definition) is 4. The number of benzene rings is 1. The molecule has 2 atom stereocenters. The van der Waals surface area contributed by atoms with E-state index in [1.807, 2.05) is 22.6 Å². The van der Waals surface area contributed by atoms with Gasteiger partial charge in [-0.1, -0.05) is 19.3 Å². The van der Waals surface area contributed by atoms with E-state index in [0.717, 1.165) is 34.9 Å². The van der Waals surface area contributed by atoms with Crippen molar-refractivity contribution in [2.45, 2.75) is 38.1 Å². The summed E-state index contributed by atoms with van der Waals surface area (Å²) < 4.78 is 0.732. The van der Waals surface area contributed by atoms with E-state index in [4.69, 9.17) is 0 Å². The Balaban J connectivity index is 2.18. The molecule has 0 saturated heterocycles. The summed E-state index contributed by atoms with van der Waals surface area (Å²) in [6.07, 6.45) is 4.48.